The Hall–Kier alpha value is -2.81. The largest absolute Gasteiger partial charge is 0.493 e. The van der Waals surface area contributed by atoms with Crippen molar-refractivity contribution >= 4 is 34.3 Å². The molecule has 0 saturated heterocycles. The van der Waals surface area contributed by atoms with Gasteiger partial charge in [0, 0.05) is 17.5 Å². The minimum atomic E-state index is -0.241. The van der Waals surface area contributed by atoms with E-state index in [1.807, 2.05) is 6.26 Å². The minimum absolute atomic E-state index is 0.241. The van der Waals surface area contributed by atoms with Crippen LogP contribution >= 0.6 is 11.8 Å². The lowest BCUT2D eigenvalue weighted by molar-refractivity contribution is 0.356. The van der Waals surface area contributed by atoms with Crippen molar-refractivity contribution in [3.05, 3.63) is 34.9 Å². The number of benzene rings is 1. The highest BCUT2D eigenvalue weighted by atomic mass is 32.2. The number of thioether (sulfide) groups is 1. The van der Waals surface area contributed by atoms with Crippen LogP contribution in [0, 0.1) is 0 Å². The molecule has 0 aliphatic carbocycles. The molecule has 0 saturated carbocycles. The molecule has 2 heterocycles. The molecule has 0 aliphatic heterocycles. The van der Waals surface area contributed by atoms with Crippen molar-refractivity contribution in [1.29, 1.82) is 0 Å². The molecule has 9 heteroatoms. The van der Waals surface area contributed by atoms with Crippen molar-refractivity contribution < 1.29 is 9.47 Å². The Morgan fingerprint density at radius 1 is 1.12 bits per heavy atom. The first kappa shape index (κ1) is 16.1. The summed E-state index contributed by atoms with van der Waals surface area (Å²) >= 11 is 1.35. The molecule has 124 valence electrons. The van der Waals surface area contributed by atoms with E-state index < -0.39 is 0 Å². The SMILES string of the molecule is COc1cc2ncnc(Nc3cc(=O)[nH]c(SC)n3)c2cc1OC. The van der Waals surface area contributed by atoms with E-state index in [9.17, 15) is 4.79 Å². The Balaban J connectivity index is 2.09. The Labute approximate surface area is 141 Å². The summed E-state index contributed by atoms with van der Waals surface area (Å²) in [6.45, 7) is 0. The molecule has 2 aromatic heterocycles. The van der Waals surface area contributed by atoms with Gasteiger partial charge in [-0.25, -0.2) is 15.0 Å². The van der Waals surface area contributed by atoms with Crippen molar-refractivity contribution in [3.8, 4) is 11.5 Å². The van der Waals surface area contributed by atoms with Crippen LogP contribution in [0.1, 0.15) is 0 Å². The topological polar surface area (TPSA) is 102 Å². The number of nitrogens with zero attached hydrogens (tertiary/aromatic N) is 3. The molecular weight excluding hydrogens is 330 g/mol. The lowest BCUT2D eigenvalue weighted by Crippen LogP contribution is -2.10. The van der Waals surface area contributed by atoms with E-state index in [1.54, 1.807) is 26.4 Å². The van der Waals surface area contributed by atoms with Crippen LogP contribution in [0.4, 0.5) is 11.6 Å². The van der Waals surface area contributed by atoms with Crippen LogP contribution in [-0.4, -0.2) is 40.4 Å². The average molecular weight is 345 g/mol. The Kier molecular flexibility index (Phi) is 4.52. The van der Waals surface area contributed by atoms with Crippen LogP contribution in [-0.2, 0) is 0 Å². The fourth-order valence-electron chi connectivity index (χ4n) is 2.20. The van der Waals surface area contributed by atoms with Gasteiger partial charge >= 0.3 is 0 Å². The van der Waals surface area contributed by atoms with E-state index in [4.69, 9.17) is 9.47 Å². The summed E-state index contributed by atoms with van der Waals surface area (Å²) in [5.41, 5.74) is 0.439. The van der Waals surface area contributed by atoms with Crippen LogP contribution in [0.2, 0.25) is 0 Å². The number of aromatic amines is 1. The molecular formula is C15H15N5O3S. The molecule has 24 heavy (non-hydrogen) atoms. The van der Waals surface area contributed by atoms with Gasteiger partial charge in [0.2, 0.25) is 0 Å². The van der Waals surface area contributed by atoms with E-state index in [-0.39, 0.29) is 5.56 Å². The van der Waals surface area contributed by atoms with Gasteiger partial charge in [0.05, 0.1) is 19.7 Å². The molecule has 0 aliphatic rings. The van der Waals surface area contributed by atoms with Gasteiger partial charge in [0.25, 0.3) is 5.56 Å². The first-order chi connectivity index (χ1) is 11.6. The smallest absolute Gasteiger partial charge is 0.253 e. The zero-order chi connectivity index (χ0) is 17.1. The average Bonchev–Trinajstić information content (AvgIpc) is 2.60. The number of anilines is 2. The molecule has 0 unspecified atom stereocenters. The monoisotopic (exact) mass is 345 g/mol. The van der Waals surface area contributed by atoms with E-state index >= 15 is 0 Å². The number of hydrogen-bond donors (Lipinski definition) is 2. The molecule has 3 aromatic rings. The standard InChI is InChI=1S/C15H15N5O3S/c1-22-10-4-8-9(5-11(10)23-2)16-7-17-14(8)18-12-6-13(21)20-15(19-12)24-3/h4-7H,1-3H3,(H2,16,17,18,19,20,21). The second-order valence-electron chi connectivity index (χ2n) is 4.71. The molecule has 0 fully saturated rings. The lowest BCUT2D eigenvalue weighted by Gasteiger charge is -2.11. The number of methoxy groups -OCH3 is 2. The van der Waals surface area contributed by atoms with Crippen molar-refractivity contribution in [2.24, 2.45) is 0 Å². The first-order valence-corrected chi connectivity index (χ1v) is 8.16. The highest BCUT2D eigenvalue weighted by Crippen LogP contribution is 2.34. The number of rotatable bonds is 5. The molecule has 1 aromatic carbocycles. The molecule has 0 spiro atoms. The second kappa shape index (κ2) is 6.75. The molecule has 0 atom stereocenters. The molecule has 0 amide bonds. The third kappa shape index (κ3) is 3.11. The number of ether oxygens (including phenoxy) is 2. The van der Waals surface area contributed by atoms with E-state index in [1.165, 1.54) is 24.2 Å². The summed E-state index contributed by atoms with van der Waals surface area (Å²) in [5.74, 6) is 2.06. The number of H-pyrrole nitrogens is 1. The molecule has 2 N–H and O–H groups in total. The van der Waals surface area contributed by atoms with Gasteiger partial charge in [-0.2, -0.15) is 0 Å². The van der Waals surface area contributed by atoms with Gasteiger partial charge in [0.1, 0.15) is 18.0 Å². The summed E-state index contributed by atoms with van der Waals surface area (Å²) < 4.78 is 10.6. The summed E-state index contributed by atoms with van der Waals surface area (Å²) in [6, 6.07) is 4.91. The maximum atomic E-state index is 11.7. The van der Waals surface area contributed by atoms with Crippen molar-refractivity contribution in [2.45, 2.75) is 5.16 Å². The minimum Gasteiger partial charge on any atom is -0.493 e. The van der Waals surface area contributed by atoms with E-state index in [2.05, 4.69) is 25.3 Å². The predicted octanol–water partition coefficient (Wildman–Crippen LogP) is 2.20. The highest BCUT2D eigenvalue weighted by Gasteiger charge is 2.12. The zero-order valence-electron chi connectivity index (χ0n) is 13.3. The zero-order valence-corrected chi connectivity index (χ0v) is 14.1. The third-order valence-electron chi connectivity index (χ3n) is 3.30. The lowest BCUT2D eigenvalue weighted by atomic mass is 10.2. The summed E-state index contributed by atoms with van der Waals surface area (Å²) in [5, 5.41) is 4.30. The van der Waals surface area contributed by atoms with Gasteiger partial charge in [-0.1, -0.05) is 11.8 Å². The van der Waals surface area contributed by atoms with Crippen LogP contribution in [0.15, 0.2) is 34.5 Å². The number of aromatic nitrogens is 4. The fraction of sp³-hybridized carbons (Fsp3) is 0.200. The second-order valence-corrected chi connectivity index (χ2v) is 5.51. The van der Waals surface area contributed by atoms with Crippen molar-refractivity contribution in [1.82, 2.24) is 19.9 Å². The summed E-state index contributed by atoms with van der Waals surface area (Å²) in [7, 11) is 3.12. The van der Waals surface area contributed by atoms with Crippen LogP contribution in [0.25, 0.3) is 10.9 Å². The maximum absolute atomic E-state index is 11.7. The van der Waals surface area contributed by atoms with Crippen LogP contribution in [0.3, 0.4) is 0 Å². The molecule has 0 bridgehead atoms. The van der Waals surface area contributed by atoms with Crippen molar-refractivity contribution in [2.75, 3.05) is 25.8 Å². The quantitative estimate of drug-likeness (QED) is 0.536. The number of hydrogen-bond acceptors (Lipinski definition) is 8. The van der Waals surface area contributed by atoms with Gasteiger partial charge in [-0.05, 0) is 12.3 Å². The van der Waals surface area contributed by atoms with Crippen LogP contribution in [0.5, 0.6) is 11.5 Å². The van der Waals surface area contributed by atoms with Crippen LogP contribution < -0.4 is 20.3 Å². The van der Waals surface area contributed by atoms with E-state index in [0.717, 1.165) is 5.39 Å². The Morgan fingerprint density at radius 3 is 2.58 bits per heavy atom. The van der Waals surface area contributed by atoms with Gasteiger partial charge < -0.3 is 19.8 Å². The predicted molar refractivity (Wildman–Crippen MR) is 92.6 cm³/mol. The van der Waals surface area contributed by atoms with Crippen molar-refractivity contribution in [3.63, 3.8) is 0 Å². The molecule has 0 radical (unpaired) electrons. The van der Waals surface area contributed by atoms with Gasteiger partial charge in [-0.15, -0.1) is 0 Å². The Morgan fingerprint density at radius 2 is 1.88 bits per heavy atom. The Bertz CT molecular complexity index is 944. The maximum Gasteiger partial charge on any atom is 0.253 e. The third-order valence-corrected chi connectivity index (χ3v) is 3.88. The normalized spacial score (nSPS) is 10.6. The first-order valence-electron chi connectivity index (χ1n) is 6.93. The highest BCUT2D eigenvalue weighted by molar-refractivity contribution is 7.98. The van der Waals surface area contributed by atoms with E-state index in [0.29, 0.717) is 33.8 Å². The van der Waals surface area contributed by atoms with Gasteiger partial charge in [-0.3, -0.25) is 4.79 Å². The number of fused-ring (bicyclic) bond motifs is 1. The van der Waals surface area contributed by atoms with Gasteiger partial charge in [0.15, 0.2) is 16.7 Å². The molecule has 3 rings (SSSR count). The fourth-order valence-corrected chi connectivity index (χ4v) is 2.59. The molecule has 8 nitrogen and oxygen atoms in total. The summed E-state index contributed by atoms with van der Waals surface area (Å²) in [4.78, 5) is 27.1. The number of nitrogens with one attached hydrogen (secondary N) is 2. The summed E-state index contributed by atoms with van der Waals surface area (Å²) in [6.07, 6.45) is 3.26.